The molecule has 0 aromatic carbocycles. The highest BCUT2D eigenvalue weighted by Gasteiger charge is 2.63. The molecule has 4 rings (SSSR count). The lowest BCUT2D eigenvalue weighted by molar-refractivity contribution is -0.123. The van der Waals surface area contributed by atoms with Crippen LogP contribution in [-0.4, -0.2) is 28.2 Å². The molecule has 0 aromatic rings. The van der Waals surface area contributed by atoms with E-state index in [2.05, 4.69) is 31.8 Å². The molecule has 4 unspecified atom stereocenters. The third-order valence-electron chi connectivity index (χ3n) is 8.62. The number of carbonyl (C=O) groups is 1. The third-order valence-corrected chi connectivity index (χ3v) is 8.62. The highest BCUT2D eigenvalue weighted by molar-refractivity contribution is 5.82. The second-order valence-corrected chi connectivity index (χ2v) is 9.61. The molecule has 3 saturated carbocycles. The van der Waals surface area contributed by atoms with Gasteiger partial charge in [-0.2, -0.15) is 0 Å². The molecule has 0 radical (unpaired) electrons. The van der Waals surface area contributed by atoms with Crippen molar-refractivity contribution < 1.29 is 15.0 Å². The molecule has 3 nitrogen and oxygen atoms in total. The Morgan fingerprint density at radius 1 is 1.19 bits per heavy atom. The Labute approximate surface area is 157 Å². The number of hydrogen-bond acceptors (Lipinski definition) is 3. The summed E-state index contributed by atoms with van der Waals surface area (Å²) < 4.78 is 0. The van der Waals surface area contributed by atoms with Gasteiger partial charge in [0.25, 0.3) is 0 Å². The number of Topliss-reactive ketones (excluding diaryl/α,β-unsaturated/α-hetero) is 1. The number of hydrogen-bond donors (Lipinski definition) is 2. The van der Waals surface area contributed by atoms with Gasteiger partial charge in [0.1, 0.15) is 11.4 Å². The number of aliphatic hydroxyl groups excluding tert-OH is 1. The molecule has 0 aromatic heterocycles. The highest BCUT2D eigenvalue weighted by Crippen LogP contribution is 2.66. The van der Waals surface area contributed by atoms with Crippen LogP contribution < -0.4 is 0 Å². The predicted molar refractivity (Wildman–Crippen MR) is 101 cm³/mol. The van der Waals surface area contributed by atoms with Gasteiger partial charge < -0.3 is 10.2 Å². The molecule has 6 atom stereocenters. The average Bonchev–Trinajstić information content (AvgIpc) is 2.87. The van der Waals surface area contributed by atoms with Crippen molar-refractivity contribution in [2.75, 3.05) is 6.61 Å². The Morgan fingerprint density at radius 2 is 1.96 bits per heavy atom. The monoisotopic (exact) mass is 356 g/mol. The summed E-state index contributed by atoms with van der Waals surface area (Å²) in [5.41, 5.74) is 0.518. The van der Waals surface area contributed by atoms with E-state index < -0.39 is 5.60 Å². The van der Waals surface area contributed by atoms with Gasteiger partial charge in [0.15, 0.2) is 0 Å². The van der Waals surface area contributed by atoms with Crippen LogP contribution in [0.4, 0.5) is 0 Å². The first-order valence-electron chi connectivity index (χ1n) is 10.4. The number of allylic oxidation sites excluding steroid dienone is 2. The van der Waals surface area contributed by atoms with Crippen LogP contribution in [0.25, 0.3) is 0 Å². The van der Waals surface area contributed by atoms with Gasteiger partial charge >= 0.3 is 0 Å². The molecule has 0 spiro atoms. The van der Waals surface area contributed by atoms with Gasteiger partial charge in [-0.15, -0.1) is 0 Å². The number of aliphatic hydroxyl groups is 2. The fourth-order valence-electron chi connectivity index (χ4n) is 6.96. The van der Waals surface area contributed by atoms with Gasteiger partial charge in [-0.25, -0.2) is 0 Å². The van der Waals surface area contributed by atoms with E-state index in [0.29, 0.717) is 36.4 Å². The Balaban J connectivity index is 1.64. The summed E-state index contributed by atoms with van der Waals surface area (Å²) >= 11 is 0. The molecule has 4 aliphatic rings. The zero-order valence-electron chi connectivity index (χ0n) is 16.2. The van der Waals surface area contributed by atoms with Crippen LogP contribution in [0.15, 0.2) is 11.6 Å². The van der Waals surface area contributed by atoms with E-state index in [4.69, 9.17) is 5.11 Å². The molecular weight excluding hydrogens is 324 g/mol. The minimum absolute atomic E-state index is 0.0541. The Bertz CT molecular complexity index is 698. The maximum atomic E-state index is 12.0. The fourth-order valence-corrected chi connectivity index (χ4v) is 6.96. The van der Waals surface area contributed by atoms with E-state index in [-0.39, 0.29) is 17.4 Å². The third kappa shape index (κ3) is 2.45. The predicted octanol–water partition coefficient (Wildman–Crippen LogP) is 3.64. The largest absolute Gasteiger partial charge is 0.395 e. The summed E-state index contributed by atoms with van der Waals surface area (Å²) in [6.07, 6.45) is 10.2. The van der Waals surface area contributed by atoms with Gasteiger partial charge in [-0.05, 0) is 61.7 Å². The smallest absolute Gasteiger partial charge is 0.136 e. The molecule has 0 heterocycles. The Hall–Kier alpha value is -1.11. The summed E-state index contributed by atoms with van der Waals surface area (Å²) in [7, 11) is 0. The minimum atomic E-state index is -0.911. The Kier molecular flexibility index (Phi) is 4.36. The lowest BCUT2D eigenvalue weighted by Gasteiger charge is -2.57. The van der Waals surface area contributed by atoms with Crippen LogP contribution in [0.1, 0.15) is 71.6 Å². The van der Waals surface area contributed by atoms with Crippen molar-refractivity contribution in [2.45, 2.75) is 77.2 Å². The minimum Gasteiger partial charge on any atom is -0.395 e. The SMILES string of the molecule is C[C@]12CCC(=O)CC1=CCC1C2CC[C@@]2(C)C1CCC2(O)C#CCCO. The normalized spacial score (nSPS) is 47.2. The van der Waals surface area contributed by atoms with Gasteiger partial charge in [0.2, 0.25) is 0 Å². The van der Waals surface area contributed by atoms with E-state index >= 15 is 0 Å². The first-order valence-corrected chi connectivity index (χ1v) is 10.4. The zero-order chi connectivity index (χ0) is 18.6. The average molecular weight is 357 g/mol. The summed E-state index contributed by atoms with van der Waals surface area (Å²) in [4.78, 5) is 12.0. The molecule has 0 amide bonds. The van der Waals surface area contributed by atoms with Gasteiger partial charge in [-0.1, -0.05) is 37.3 Å². The molecule has 0 aliphatic heterocycles. The van der Waals surface area contributed by atoms with Crippen LogP contribution in [0.5, 0.6) is 0 Å². The van der Waals surface area contributed by atoms with E-state index in [1.165, 1.54) is 5.57 Å². The molecule has 142 valence electrons. The molecule has 0 bridgehead atoms. The number of fused-ring (bicyclic) bond motifs is 5. The first-order chi connectivity index (χ1) is 12.3. The maximum Gasteiger partial charge on any atom is 0.136 e. The van der Waals surface area contributed by atoms with E-state index in [0.717, 1.165) is 44.9 Å². The zero-order valence-corrected chi connectivity index (χ0v) is 16.2. The van der Waals surface area contributed by atoms with Crippen LogP contribution >= 0.6 is 0 Å². The van der Waals surface area contributed by atoms with Gasteiger partial charge in [0.05, 0.1) is 6.61 Å². The second-order valence-electron chi connectivity index (χ2n) is 9.61. The quantitative estimate of drug-likeness (QED) is 0.557. The van der Waals surface area contributed by atoms with Crippen molar-refractivity contribution >= 4 is 5.78 Å². The first kappa shape index (κ1) is 18.3. The number of carbonyl (C=O) groups excluding carboxylic acids is 1. The van der Waals surface area contributed by atoms with Crippen molar-refractivity contribution in [3.63, 3.8) is 0 Å². The summed E-state index contributed by atoms with van der Waals surface area (Å²) in [5, 5.41) is 20.4. The summed E-state index contributed by atoms with van der Waals surface area (Å²) in [6.45, 7) is 4.70. The number of ketones is 1. The molecule has 0 saturated heterocycles. The van der Waals surface area contributed by atoms with Crippen molar-refractivity contribution in [2.24, 2.45) is 28.6 Å². The van der Waals surface area contributed by atoms with E-state index in [1.807, 2.05) is 0 Å². The van der Waals surface area contributed by atoms with Gasteiger partial charge in [-0.3, -0.25) is 4.79 Å². The highest BCUT2D eigenvalue weighted by atomic mass is 16.3. The van der Waals surface area contributed by atoms with Gasteiger partial charge in [0, 0.05) is 24.7 Å². The lowest BCUT2D eigenvalue weighted by atomic mass is 9.47. The standard InChI is InChI=1S/C23H32O3/c1-21-11-7-17(25)15-16(21)5-6-18-19(21)8-12-22(2)20(18)9-13-23(22,26)10-3-4-14-24/h5,18-20,24,26H,4,6-9,11-15H2,1-2H3/t18?,19?,20?,21-,22-,23?/m0/s1. The van der Waals surface area contributed by atoms with Crippen LogP contribution in [-0.2, 0) is 4.79 Å². The molecule has 3 heteroatoms. The maximum absolute atomic E-state index is 12.0. The lowest BCUT2D eigenvalue weighted by Crippen LogP contribution is -2.54. The van der Waals surface area contributed by atoms with E-state index in [9.17, 15) is 9.90 Å². The summed E-state index contributed by atoms with van der Waals surface area (Å²) in [5.74, 6) is 8.31. The number of rotatable bonds is 1. The molecule has 2 N–H and O–H groups in total. The fraction of sp³-hybridized carbons (Fsp3) is 0.783. The van der Waals surface area contributed by atoms with Crippen molar-refractivity contribution in [3.8, 4) is 11.8 Å². The molecule has 3 fully saturated rings. The second kappa shape index (κ2) is 6.21. The van der Waals surface area contributed by atoms with Crippen LogP contribution in [0.3, 0.4) is 0 Å². The molecule has 4 aliphatic carbocycles. The van der Waals surface area contributed by atoms with E-state index in [1.54, 1.807) is 0 Å². The van der Waals surface area contributed by atoms with Crippen molar-refractivity contribution in [1.82, 2.24) is 0 Å². The topological polar surface area (TPSA) is 57.5 Å². The summed E-state index contributed by atoms with van der Waals surface area (Å²) in [6, 6.07) is 0. The molecular formula is C23H32O3. The van der Waals surface area contributed by atoms with Crippen molar-refractivity contribution in [3.05, 3.63) is 11.6 Å². The Morgan fingerprint density at radius 3 is 2.73 bits per heavy atom. The van der Waals surface area contributed by atoms with Crippen molar-refractivity contribution in [1.29, 1.82) is 0 Å². The van der Waals surface area contributed by atoms with Crippen LogP contribution in [0, 0.1) is 40.4 Å². The van der Waals surface area contributed by atoms with Crippen LogP contribution in [0.2, 0.25) is 0 Å². The molecule has 26 heavy (non-hydrogen) atoms.